The van der Waals surface area contributed by atoms with Crippen LogP contribution in [0, 0.1) is 5.92 Å². The van der Waals surface area contributed by atoms with Gasteiger partial charge in [-0.1, -0.05) is 12.5 Å². The number of carbonyl (C=O) groups is 1. The van der Waals surface area contributed by atoms with Gasteiger partial charge in [-0.25, -0.2) is 0 Å². The van der Waals surface area contributed by atoms with Crippen molar-refractivity contribution in [2.75, 3.05) is 12.9 Å². The average Bonchev–Trinajstić information content (AvgIpc) is 2.99. The molecular formula is C18H20O4S2. The Morgan fingerprint density at radius 2 is 2.17 bits per heavy atom. The zero-order chi connectivity index (χ0) is 17.1. The lowest BCUT2D eigenvalue weighted by Crippen LogP contribution is -2.14. The molecular weight excluding hydrogens is 344 g/mol. The van der Waals surface area contributed by atoms with E-state index in [1.807, 2.05) is 29.6 Å². The Bertz CT molecular complexity index is 712. The number of hydrogen-bond donors (Lipinski definition) is 2. The van der Waals surface area contributed by atoms with E-state index in [1.165, 1.54) is 0 Å². The number of aliphatic carboxylic acids is 1. The number of carboxylic acid groups (broad SMARTS) is 1. The van der Waals surface area contributed by atoms with E-state index in [0.29, 0.717) is 17.9 Å². The smallest absolute Gasteiger partial charge is 0.307 e. The topological polar surface area (TPSA) is 66.8 Å². The van der Waals surface area contributed by atoms with Crippen LogP contribution in [0.2, 0.25) is 0 Å². The van der Waals surface area contributed by atoms with Crippen LogP contribution in [-0.2, 0) is 4.79 Å². The summed E-state index contributed by atoms with van der Waals surface area (Å²) in [4.78, 5) is 12.4. The summed E-state index contributed by atoms with van der Waals surface area (Å²) in [7, 11) is 1.55. The van der Waals surface area contributed by atoms with Crippen LogP contribution in [0.5, 0.6) is 11.5 Å². The summed E-state index contributed by atoms with van der Waals surface area (Å²) >= 11 is 3.26. The van der Waals surface area contributed by atoms with E-state index in [1.54, 1.807) is 30.2 Å². The van der Waals surface area contributed by atoms with Gasteiger partial charge in [0.05, 0.1) is 13.0 Å². The maximum absolute atomic E-state index is 11.2. The second kappa shape index (κ2) is 7.49. The predicted molar refractivity (Wildman–Crippen MR) is 98.1 cm³/mol. The molecule has 2 heterocycles. The standard InChI is InChI=1S/C18H20O4S2/c1-22-14-9-12(15-6-3-7-23-15)8-13(17(14)19)16-5-2-4-11(10-24-16)18(20)21/h3,6-9,11,16,19H,2,4-5,10H2,1H3,(H,20,21). The number of thioether (sulfide) groups is 1. The Kier molecular flexibility index (Phi) is 5.36. The van der Waals surface area contributed by atoms with E-state index >= 15 is 0 Å². The third-order valence-electron chi connectivity index (χ3n) is 4.34. The van der Waals surface area contributed by atoms with Gasteiger partial charge in [0.2, 0.25) is 0 Å². The maximum atomic E-state index is 11.2. The average molecular weight is 364 g/mol. The number of benzene rings is 1. The second-order valence-corrected chi connectivity index (χ2v) is 8.07. The molecule has 1 aromatic heterocycles. The number of phenolic OH excluding ortho intramolecular Hbond substituents is 1. The zero-order valence-corrected chi connectivity index (χ0v) is 15.0. The highest BCUT2D eigenvalue weighted by atomic mass is 32.2. The summed E-state index contributed by atoms with van der Waals surface area (Å²) in [6.45, 7) is 0. The molecule has 128 valence electrons. The van der Waals surface area contributed by atoms with Gasteiger partial charge in [0.1, 0.15) is 0 Å². The number of thiophene rings is 1. The Morgan fingerprint density at radius 1 is 1.33 bits per heavy atom. The van der Waals surface area contributed by atoms with Gasteiger partial charge in [-0.3, -0.25) is 4.79 Å². The molecule has 1 aliphatic rings. The highest BCUT2D eigenvalue weighted by molar-refractivity contribution is 7.99. The SMILES string of the molecule is COc1cc(-c2cccs2)cc(C2CCCC(C(=O)O)CS2)c1O. The molecule has 0 aliphatic carbocycles. The van der Waals surface area contributed by atoms with E-state index in [4.69, 9.17) is 4.74 Å². The quantitative estimate of drug-likeness (QED) is 0.816. The molecule has 4 nitrogen and oxygen atoms in total. The number of rotatable bonds is 4. The Balaban J connectivity index is 1.94. The summed E-state index contributed by atoms with van der Waals surface area (Å²) in [5.74, 6) is 0.187. The molecule has 2 N–H and O–H groups in total. The number of ether oxygens (including phenoxy) is 1. The third kappa shape index (κ3) is 3.54. The van der Waals surface area contributed by atoms with Gasteiger partial charge >= 0.3 is 5.97 Å². The van der Waals surface area contributed by atoms with Crippen molar-refractivity contribution in [3.8, 4) is 21.9 Å². The molecule has 2 unspecified atom stereocenters. The fourth-order valence-electron chi connectivity index (χ4n) is 3.00. The number of carboxylic acids is 1. The molecule has 24 heavy (non-hydrogen) atoms. The first kappa shape index (κ1) is 17.2. The van der Waals surface area contributed by atoms with Crippen molar-refractivity contribution < 1.29 is 19.7 Å². The molecule has 1 aromatic carbocycles. The van der Waals surface area contributed by atoms with Crippen LogP contribution in [0.15, 0.2) is 29.6 Å². The predicted octanol–water partition coefficient (Wildman–Crippen LogP) is 4.79. The number of aromatic hydroxyl groups is 1. The van der Waals surface area contributed by atoms with E-state index in [2.05, 4.69) is 0 Å². The monoisotopic (exact) mass is 364 g/mol. The van der Waals surface area contributed by atoms with Crippen LogP contribution < -0.4 is 4.74 Å². The Hall–Kier alpha value is -1.66. The molecule has 2 atom stereocenters. The van der Waals surface area contributed by atoms with Gasteiger partial charge in [-0.15, -0.1) is 11.3 Å². The van der Waals surface area contributed by atoms with E-state index in [0.717, 1.165) is 28.8 Å². The Morgan fingerprint density at radius 3 is 2.83 bits per heavy atom. The van der Waals surface area contributed by atoms with Crippen molar-refractivity contribution in [1.29, 1.82) is 0 Å². The molecule has 0 saturated carbocycles. The number of hydrogen-bond acceptors (Lipinski definition) is 5. The Labute approximate surface area is 149 Å². The fraction of sp³-hybridized carbons (Fsp3) is 0.389. The van der Waals surface area contributed by atoms with Crippen molar-refractivity contribution in [3.05, 3.63) is 35.2 Å². The molecule has 0 radical (unpaired) electrons. The molecule has 1 fully saturated rings. The largest absolute Gasteiger partial charge is 0.504 e. The molecule has 1 aliphatic heterocycles. The van der Waals surface area contributed by atoms with Crippen molar-refractivity contribution in [1.82, 2.24) is 0 Å². The summed E-state index contributed by atoms with van der Waals surface area (Å²) in [5.41, 5.74) is 1.86. The lowest BCUT2D eigenvalue weighted by molar-refractivity contribution is -0.141. The normalized spacial score (nSPS) is 21.2. The minimum atomic E-state index is -0.725. The fourth-order valence-corrected chi connectivity index (χ4v) is 5.19. The molecule has 0 spiro atoms. The number of phenols is 1. The van der Waals surface area contributed by atoms with Gasteiger partial charge in [0.25, 0.3) is 0 Å². The first-order valence-electron chi connectivity index (χ1n) is 7.89. The molecule has 0 bridgehead atoms. The molecule has 6 heteroatoms. The highest BCUT2D eigenvalue weighted by Gasteiger charge is 2.27. The molecule has 0 amide bonds. The van der Waals surface area contributed by atoms with Crippen LogP contribution >= 0.6 is 23.1 Å². The van der Waals surface area contributed by atoms with Crippen LogP contribution in [0.3, 0.4) is 0 Å². The minimum absolute atomic E-state index is 0.0863. The maximum Gasteiger partial charge on any atom is 0.307 e. The van der Waals surface area contributed by atoms with E-state index in [9.17, 15) is 15.0 Å². The van der Waals surface area contributed by atoms with Crippen LogP contribution in [0.25, 0.3) is 10.4 Å². The number of methoxy groups -OCH3 is 1. The third-order valence-corrected chi connectivity index (χ3v) is 6.75. The van der Waals surface area contributed by atoms with Gasteiger partial charge in [0, 0.05) is 21.4 Å². The van der Waals surface area contributed by atoms with Crippen molar-refractivity contribution >= 4 is 29.1 Å². The lowest BCUT2D eigenvalue weighted by atomic mass is 9.99. The van der Waals surface area contributed by atoms with Crippen molar-refractivity contribution in [2.24, 2.45) is 5.92 Å². The summed E-state index contributed by atoms with van der Waals surface area (Å²) < 4.78 is 5.36. The second-order valence-electron chi connectivity index (χ2n) is 5.88. The summed E-state index contributed by atoms with van der Waals surface area (Å²) in [6.07, 6.45) is 2.40. The van der Waals surface area contributed by atoms with Gasteiger partial charge in [0.15, 0.2) is 11.5 Å². The van der Waals surface area contributed by atoms with Gasteiger partial charge in [-0.05, 0) is 42.0 Å². The molecule has 2 aromatic rings. The molecule has 3 rings (SSSR count). The molecule has 1 saturated heterocycles. The van der Waals surface area contributed by atoms with Crippen molar-refractivity contribution in [3.63, 3.8) is 0 Å². The minimum Gasteiger partial charge on any atom is -0.504 e. The first-order chi connectivity index (χ1) is 11.6. The van der Waals surface area contributed by atoms with Crippen LogP contribution in [-0.4, -0.2) is 29.0 Å². The van der Waals surface area contributed by atoms with E-state index in [-0.39, 0.29) is 16.9 Å². The lowest BCUT2D eigenvalue weighted by Gasteiger charge is -2.19. The zero-order valence-electron chi connectivity index (χ0n) is 13.4. The van der Waals surface area contributed by atoms with Crippen LogP contribution in [0.1, 0.15) is 30.1 Å². The van der Waals surface area contributed by atoms with Gasteiger partial charge < -0.3 is 14.9 Å². The first-order valence-corrected chi connectivity index (χ1v) is 9.82. The summed E-state index contributed by atoms with van der Waals surface area (Å²) in [6, 6.07) is 7.91. The summed E-state index contributed by atoms with van der Waals surface area (Å²) in [5, 5.41) is 21.9. The van der Waals surface area contributed by atoms with Crippen LogP contribution in [0.4, 0.5) is 0 Å². The van der Waals surface area contributed by atoms with Crippen molar-refractivity contribution in [2.45, 2.75) is 24.5 Å². The van der Waals surface area contributed by atoms with Gasteiger partial charge in [-0.2, -0.15) is 11.8 Å². The van der Waals surface area contributed by atoms with E-state index < -0.39 is 5.97 Å². The highest BCUT2D eigenvalue weighted by Crippen LogP contribution is 2.47.